The molecule has 30 heavy (non-hydrogen) atoms. The van der Waals surface area contributed by atoms with Crippen molar-refractivity contribution in [2.24, 2.45) is 14.1 Å². The van der Waals surface area contributed by atoms with Crippen LogP contribution < -0.4 is 9.42 Å². The Kier molecular flexibility index (Phi) is 8.19. The third-order valence-corrected chi connectivity index (χ3v) is 4.92. The normalized spacial score (nSPS) is 11.9. The fourth-order valence-electron chi connectivity index (χ4n) is 2.81. The Balaban J connectivity index is 0.000000469. The van der Waals surface area contributed by atoms with Crippen molar-refractivity contribution in [3.05, 3.63) is 73.3 Å². The van der Waals surface area contributed by atoms with Crippen LogP contribution in [-0.2, 0) is 28.7 Å². The lowest BCUT2D eigenvalue weighted by molar-refractivity contribution is -0.740. The van der Waals surface area contributed by atoms with Gasteiger partial charge in [-0.05, 0) is 18.2 Å². The number of aromatic nitrogens is 2. The van der Waals surface area contributed by atoms with E-state index in [2.05, 4.69) is 44.4 Å². The zero-order valence-corrected chi connectivity index (χ0v) is 18.4. The summed E-state index contributed by atoms with van der Waals surface area (Å²) >= 11 is 6.22. The predicted octanol–water partition coefficient (Wildman–Crippen LogP) is 3.41. The summed E-state index contributed by atoms with van der Waals surface area (Å²) in [6, 6.07) is 20.3. The summed E-state index contributed by atoms with van der Waals surface area (Å²) in [5.74, 6) is 0.748. The number of ether oxygens (including phenoxy) is 1. The lowest BCUT2D eigenvalue weighted by Crippen LogP contribution is -2.39. The van der Waals surface area contributed by atoms with Crippen LogP contribution in [0, 0.1) is 0 Å². The first kappa shape index (κ1) is 23.6. The molecule has 0 aliphatic carbocycles. The third kappa shape index (κ3) is 5.93. The second-order valence-corrected chi connectivity index (χ2v) is 7.67. The van der Waals surface area contributed by atoms with Gasteiger partial charge in [0, 0.05) is 5.56 Å². The van der Waals surface area contributed by atoms with Crippen LogP contribution in [0.5, 0.6) is 5.75 Å². The van der Waals surface area contributed by atoms with Crippen molar-refractivity contribution in [1.29, 1.82) is 0 Å². The zero-order valence-electron chi connectivity index (χ0n) is 16.9. The van der Waals surface area contributed by atoms with Gasteiger partial charge in [-0.25, -0.2) is 8.42 Å². The van der Waals surface area contributed by atoms with E-state index in [1.54, 1.807) is 6.08 Å². The van der Waals surface area contributed by atoms with Crippen LogP contribution in [0.15, 0.2) is 73.3 Å². The summed E-state index contributed by atoms with van der Waals surface area (Å²) in [7, 11) is 0.421. The maximum absolute atomic E-state index is 9.22. The number of alkyl halides is 1. The van der Waals surface area contributed by atoms with Crippen molar-refractivity contribution < 1.29 is 26.6 Å². The van der Waals surface area contributed by atoms with Crippen LogP contribution >= 0.6 is 11.6 Å². The fraction of sp³-hybridized carbons (Fsp3) is 0.190. The highest BCUT2D eigenvalue weighted by atomic mass is 35.5. The van der Waals surface area contributed by atoms with E-state index in [9.17, 15) is 13.0 Å². The van der Waals surface area contributed by atoms with Crippen molar-refractivity contribution in [1.82, 2.24) is 4.68 Å². The monoisotopic (exact) mass is 450 g/mol. The molecule has 3 rings (SSSR count). The third-order valence-electron chi connectivity index (χ3n) is 4.24. The van der Waals surface area contributed by atoms with E-state index in [-0.39, 0.29) is 0 Å². The number of nitrogens with zero attached hydrogens (tertiary/aromatic N) is 2. The first-order valence-electron chi connectivity index (χ1n) is 8.84. The molecule has 0 spiro atoms. The average molecular weight is 451 g/mol. The largest absolute Gasteiger partial charge is 0.726 e. The lowest BCUT2D eigenvalue weighted by atomic mass is 10.1. The van der Waals surface area contributed by atoms with E-state index in [0.717, 1.165) is 35.4 Å². The predicted molar refractivity (Wildman–Crippen MR) is 115 cm³/mol. The molecule has 1 aromatic heterocycles. The molecule has 0 fully saturated rings. The minimum Gasteiger partial charge on any atom is -0.726 e. The van der Waals surface area contributed by atoms with Gasteiger partial charge >= 0.3 is 0 Å². The molecule has 1 atom stereocenters. The van der Waals surface area contributed by atoms with E-state index in [1.165, 1.54) is 0 Å². The highest BCUT2D eigenvalue weighted by molar-refractivity contribution is 7.80. The van der Waals surface area contributed by atoms with Gasteiger partial charge in [0.15, 0.2) is 18.3 Å². The Morgan fingerprint density at radius 3 is 2.00 bits per heavy atom. The number of halogens is 1. The molecule has 0 aliphatic rings. The van der Waals surface area contributed by atoms with Gasteiger partial charge in [0.2, 0.25) is 16.1 Å². The van der Waals surface area contributed by atoms with Crippen molar-refractivity contribution in [3.63, 3.8) is 0 Å². The second kappa shape index (κ2) is 10.4. The van der Waals surface area contributed by atoms with E-state index in [1.807, 2.05) is 50.5 Å². The first-order chi connectivity index (χ1) is 14.2. The highest BCUT2D eigenvalue weighted by Gasteiger charge is 2.31. The van der Waals surface area contributed by atoms with Crippen LogP contribution in [0.25, 0.3) is 22.5 Å². The number of rotatable bonds is 6. The summed E-state index contributed by atoms with van der Waals surface area (Å²) in [5.41, 5.74) is 3.49. The summed E-state index contributed by atoms with van der Waals surface area (Å²) in [5, 5.41) is 0. The van der Waals surface area contributed by atoms with Crippen LogP contribution in [0.3, 0.4) is 0 Å². The van der Waals surface area contributed by atoms with Gasteiger partial charge in [-0.1, -0.05) is 66.7 Å². The van der Waals surface area contributed by atoms with Crippen LogP contribution in [0.4, 0.5) is 0 Å². The highest BCUT2D eigenvalue weighted by Crippen LogP contribution is 2.38. The van der Waals surface area contributed by atoms with E-state index < -0.39 is 16.0 Å². The molecule has 0 radical (unpaired) electrons. The Morgan fingerprint density at radius 1 is 1.10 bits per heavy atom. The molecule has 2 aromatic carbocycles. The van der Waals surface area contributed by atoms with Gasteiger partial charge in [0.05, 0.1) is 19.7 Å². The maximum atomic E-state index is 9.22. The molecular formula is C21H23ClN2O5S. The minimum absolute atomic E-state index is 0.600. The molecule has 160 valence electrons. The number of hydrogen-bond donors (Lipinski definition) is 0. The van der Waals surface area contributed by atoms with E-state index >= 15 is 0 Å². The van der Waals surface area contributed by atoms with Crippen molar-refractivity contribution in [2.45, 2.75) is 5.56 Å². The Morgan fingerprint density at radius 2 is 1.57 bits per heavy atom. The molecule has 0 aliphatic heterocycles. The molecule has 0 N–H and O–H groups in total. The van der Waals surface area contributed by atoms with Gasteiger partial charge in [-0.2, -0.15) is 4.68 Å². The molecule has 9 heteroatoms. The summed E-state index contributed by atoms with van der Waals surface area (Å²) in [6.45, 7) is 3.72. The Labute approximate surface area is 181 Å². The molecule has 1 unspecified atom stereocenters. The SMILES string of the molecule is C=CC(Cl)Oc1c(-c2ccccc2)n(C)[n+](C)c1-c1ccccc1.COS(=O)(=O)[O-]. The molecule has 3 aromatic rings. The standard InChI is InChI=1S/C20H20ClN2O.CH4O4S/c1-4-17(21)24-20-18(15-11-7-5-8-12-15)22(2)23(3)19(20)16-13-9-6-10-14-16;1-5-6(2,3)4/h4-14,17H,1H2,2-3H3;1H3,(H,2,3,4)/q+1;/p-1. The number of benzene rings is 2. The molecule has 0 saturated heterocycles. The Hall–Kier alpha value is -2.65. The molecule has 0 amide bonds. The van der Waals surface area contributed by atoms with Crippen LogP contribution in [0.2, 0.25) is 0 Å². The molecule has 7 nitrogen and oxygen atoms in total. The van der Waals surface area contributed by atoms with Crippen molar-refractivity contribution in [2.75, 3.05) is 7.11 Å². The zero-order chi connectivity index (χ0) is 22.3. The maximum Gasteiger partial charge on any atom is 0.280 e. The van der Waals surface area contributed by atoms with E-state index in [0.29, 0.717) is 0 Å². The van der Waals surface area contributed by atoms with Crippen molar-refractivity contribution >= 4 is 22.0 Å². The lowest BCUT2D eigenvalue weighted by Gasteiger charge is -2.09. The topological polar surface area (TPSA) is 84.5 Å². The van der Waals surface area contributed by atoms with Crippen LogP contribution in [0.1, 0.15) is 0 Å². The van der Waals surface area contributed by atoms with Gasteiger partial charge in [0.25, 0.3) is 5.69 Å². The van der Waals surface area contributed by atoms with Gasteiger partial charge in [-0.3, -0.25) is 4.18 Å². The van der Waals surface area contributed by atoms with E-state index in [4.69, 9.17) is 16.3 Å². The average Bonchev–Trinajstić information content (AvgIpc) is 2.99. The minimum atomic E-state index is -4.41. The number of hydrogen-bond acceptors (Lipinski definition) is 5. The second-order valence-electron chi connectivity index (χ2n) is 6.09. The van der Waals surface area contributed by atoms with Gasteiger partial charge < -0.3 is 9.29 Å². The smallest absolute Gasteiger partial charge is 0.280 e. The van der Waals surface area contributed by atoms with Crippen LogP contribution in [-0.4, -0.2) is 30.3 Å². The molecule has 1 heterocycles. The van der Waals surface area contributed by atoms with Crippen molar-refractivity contribution in [3.8, 4) is 28.3 Å². The van der Waals surface area contributed by atoms with Gasteiger partial charge in [0.1, 0.15) is 0 Å². The molecule has 0 saturated carbocycles. The summed E-state index contributed by atoms with van der Waals surface area (Å²) < 4.78 is 41.2. The fourth-order valence-corrected chi connectivity index (χ4v) is 2.90. The quantitative estimate of drug-likeness (QED) is 0.189. The first-order valence-corrected chi connectivity index (χ1v) is 10.6. The molecular weight excluding hydrogens is 428 g/mol. The van der Waals surface area contributed by atoms with Gasteiger partial charge in [-0.15, -0.1) is 4.68 Å². The summed E-state index contributed by atoms with van der Waals surface area (Å²) in [4.78, 5) is 0. The Bertz CT molecular complexity index is 1020. The summed E-state index contributed by atoms with van der Waals surface area (Å²) in [6.07, 6.45) is 1.58. The molecule has 0 bridgehead atoms.